The van der Waals surface area contributed by atoms with Crippen molar-refractivity contribution in [3.8, 4) is 11.1 Å². The van der Waals surface area contributed by atoms with Gasteiger partial charge in [0.1, 0.15) is 0 Å². The number of carboxylic acids is 1. The Balaban J connectivity index is 1.49. The fraction of sp³-hybridized carbons (Fsp3) is 0.222. The number of aliphatic carboxylic acids is 1. The van der Waals surface area contributed by atoms with E-state index >= 15 is 0 Å². The van der Waals surface area contributed by atoms with E-state index in [2.05, 4.69) is 10.6 Å². The van der Waals surface area contributed by atoms with Crippen LogP contribution in [0.3, 0.4) is 0 Å². The molecule has 0 radical (unpaired) electrons. The van der Waals surface area contributed by atoms with Gasteiger partial charge in [-0.1, -0.05) is 48.0 Å². The third-order valence-corrected chi connectivity index (χ3v) is 6.53. The SMILES string of the molecule is O=C(O)C[C@]1(CC(F)(F)F)CCc2cc(-c3ccc(NC(=O)Nc4cccc(Cl)c4)cc3)ccc2C1=O. The molecule has 1 aliphatic carbocycles. The van der Waals surface area contributed by atoms with Crippen molar-refractivity contribution in [3.63, 3.8) is 0 Å². The first kappa shape index (κ1) is 26.2. The molecule has 192 valence electrons. The molecule has 6 nitrogen and oxygen atoms in total. The van der Waals surface area contributed by atoms with Crippen molar-refractivity contribution in [2.75, 3.05) is 10.6 Å². The van der Waals surface area contributed by atoms with Gasteiger partial charge in [0.2, 0.25) is 0 Å². The minimum Gasteiger partial charge on any atom is -0.481 e. The Kier molecular flexibility index (Phi) is 7.27. The van der Waals surface area contributed by atoms with Crippen LogP contribution in [0, 0.1) is 5.41 Å². The van der Waals surface area contributed by atoms with E-state index in [-0.39, 0.29) is 18.4 Å². The molecule has 1 atom stereocenters. The van der Waals surface area contributed by atoms with Crippen LogP contribution in [-0.2, 0) is 11.2 Å². The fourth-order valence-corrected chi connectivity index (χ4v) is 4.84. The summed E-state index contributed by atoms with van der Waals surface area (Å²) < 4.78 is 39.7. The molecule has 3 aromatic carbocycles. The number of aryl methyl sites for hydroxylation is 1. The highest BCUT2D eigenvalue weighted by Gasteiger charge is 2.50. The van der Waals surface area contributed by atoms with E-state index in [4.69, 9.17) is 11.6 Å². The molecule has 0 heterocycles. The van der Waals surface area contributed by atoms with Crippen molar-refractivity contribution in [1.82, 2.24) is 0 Å². The Morgan fingerprint density at radius 3 is 2.27 bits per heavy atom. The van der Waals surface area contributed by atoms with Crippen molar-refractivity contribution >= 4 is 40.8 Å². The van der Waals surface area contributed by atoms with Gasteiger partial charge in [-0.3, -0.25) is 9.59 Å². The van der Waals surface area contributed by atoms with Gasteiger partial charge in [0, 0.05) is 22.0 Å². The lowest BCUT2D eigenvalue weighted by Gasteiger charge is -2.36. The predicted molar refractivity (Wildman–Crippen MR) is 134 cm³/mol. The second-order valence-electron chi connectivity index (χ2n) is 9.01. The summed E-state index contributed by atoms with van der Waals surface area (Å²) in [6, 6.07) is 18.0. The first-order valence-corrected chi connectivity index (χ1v) is 11.7. The molecule has 0 saturated carbocycles. The number of nitrogens with one attached hydrogen (secondary N) is 2. The maximum Gasteiger partial charge on any atom is 0.390 e. The summed E-state index contributed by atoms with van der Waals surface area (Å²) in [6.45, 7) is 0. The Bertz CT molecular complexity index is 1360. The summed E-state index contributed by atoms with van der Waals surface area (Å²) in [5.41, 5.74) is 1.27. The van der Waals surface area contributed by atoms with Gasteiger partial charge < -0.3 is 15.7 Å². The number of halogens is 4. The Morgan fingerprint density at radius 1 is 0.946 bits per heavy atom. The first-order valence-electron chi connectivity index (χ1n) is 11.3. The standard InChI is InChI=1S/C27H22ClF3N2O4/c28-19-2-1-3-21(13-19)33-25(37)32-20-7-4-16(5-8-20)17-6-9-22-18(12-17)10-11-26(24(22)36,14-23(34)35)15-27(29,30)31/h1-9,12-13H,10-11,14-15H2,(H,34,35)(H2,32,33,37)/t26-/m0/s1. The molecule has 3 aromatic rings. The smallest absolute Gasteiger partial charge is 0.390 e. The second-order valence-corrected chi connectivity index (χ2v) is 9.45. The zero-order valence-electron chi connectivity index (χ0n) is 19.4. The molecule has 1 aliphatic rings. The summed E-state index contributed by atoms with van der Waals surface area (Å²) in [4.78, 5) is 36.6. The Morgan fingerprint density at radius 2 is 1.62 bits per heavy atom. The number of alkyl halides is 3. The minimum absolute atomic E-state index is 0.122. The van der Waals surface area contributed by atoms with Crippen LogP contribution in [0.2, 0.25) is 5.02 Å². The molecular weight excluding hydrogens is 509 g/mol. The van der Waals surface area contributed by atoms with E-state index in [1.54, 1.807) is 60.7 Å². The van der Waals surface area contributed by atoms with Crippen LogP contribution in [0.1, 0.15) is 35.2 Å². The molecule has 0 saturated heterocycles. The Labute approximate surface area is 215 Å². The van der Waals surface area contributed by atoms with E-state index < -0.39 is 42.2 Å². The predicted octanol–water partition coefficient (Wildman–Crippen LogP) is 7.19. The number of carbonyl (C=O) groups is 3. The van der Waals surface area contributed by atoms with Crippen LogP contribution < -0.4 is 10.6 Å². The molecule has 10 heteroatoms. The number of hydrogen-bond acceptors (Lipinski definition) is 3. The van der Waals surface area contributed by atoms with Crippen LogP contribution in [0.15, 0.2) is 66.7 Å². The van der Waals surface area contributed by atoms with Gasteiger partial charge in [-0.2, -0.15) is 13.2 Å². The van der Waals surface area contributed by atoms with Gasteiger partial charge >= 0.3 is 18.2 Å². The molecule has 2 amide bonds. The van der Waals surface area contributed by atoms with Gasteiger partial charge in [0.25, 0.3) is 0 Å². The normalized spacial score (nSPS) is 17.1. The highest BCUT2D eigenvalue weighted by atomic mass is 35.5. The van der Waals surface area contributed by atoms with E-state index in [0.29, 0.717) is 22.0 Å². The molecule has 0 bridgehead atoms. The quantitative estimate of drug-likeness (QED) is 0.314. The van der Waals surface area contributed by atoms with Crippen LogP contribution in [0.25, 0.3) is 11.1 Å². The molecule has 4 rings (SSSR count). The van der Waals surface area contributed by atoms with Gasteiger partial charge in [-0.15, -0.1) is 0 Å². The number of carboxylic acid groups (broad SMARTS) is 1. The summed E-state index contributed by atoms with van der Waals surface area (Å²) in [7, 11) is 0. The van der Waals surface area contributed by atoms with Gasteiger partial charge in [-0.25, -0.2) is 4.79 Å². The summed E-state index contributed by atoms with van der Waals surface area (Å²) in [5.74, 6) is -2.22. The number of fused-ring (bicyclic) bond motifs is 1. The third-order valence-electron chi connectivity index (χ3n) is 6.29. The van der Waals surface area contributed by atoms with Gasteiger partial charge in [0.05, 0.1) is 18.3 Å². The van der Waals surface area contributed by atoms with E-state index in [1.165, 1.54) is 6.07 Å². The molecule has 0 aliphatic heterocycles. The lowest BCUT2D eigenvalue weighted by atomic mass is 9.66. The van der Waals surface area contributed by atoms with Crippen molar-refractivity contribution in [1.29, 1.82) is 0 Å². The number of hydrogen-bond donors (Lipinski definition) is 3. The summed E-state index contributed by atoms with van der Waals surface area (Å²) in [5, 5.41) is 15.1. The van der Waals surface area contributed by atoms with E-state index in [9.17, 15) is 32.7 Å². The largest absolute Gasteiger partial charge is 0.481 e. The van der Waals surface area contributed by atoms with E-state index in [1.807, 2.05) is 0 Å². The number of carbonyl (C=O) groups excluding carboxylic acids is 2. The molecule has 0 spiro atoms. The minimum atomic E-state index is -4.66. The maximum atomic E-state index is 13.2. The second kappa shape index (κ2) is 10.3. The van der Waals surface area contributed by atoms with Crippen molar-refractivity contribution in [2.24, 2.45) is 5.41 Å². The average molecular weight is 531 g/mol. The maximum absolute atomic E-state index is 13.2. The highest BCUT2D eigenvalue weighted by molar-refractivity contribution is 6.30. The number of rotatable bonds is 6. The topological polar surface area (TPSA) is 95.5 Å². The molecule has 0 aromatic heterocycles. The number of amides is 2. The first-order chi connectivity index (χ1) is 17.4. The Hall–Kier alpha value is -3.85. The fourth-order valence-electron chi connectivity index (χ4n) is 4.65. The zero-order chi connectivity index (χ0) is 26.8. The van der Waals surface area contributed by atoms with E-state index in [0.717, 1.165) is 11.1 Å². The summed E-state index contributed by atoms with van der Waals surface area (Å²) in [6.07, 6.45) is -7.04. The number of urea groups is 1. The van der Waals surface area contributed by atoms with Crippen molar-refractivity contribution < 1.29 is 32.7 Å². The number of benzene rings is 3. The summed E-state index contributed by atoms with van der Waals surface area (Å²) >= 11 is 5.92. The molecular formula is C27H22ClF3N2O4. The third kappa shape index (κ3) is 6.29. The van der Waals surface area contributed by atoms with Crippen LogP contribution in [0.5, 0.6) is 0 Å². The highest BCUT2D eigenvalue weighted by Crippen LogP contribution is 2.46. The number of anilines is 2. The molecule has 0 unspecified atom stereocenters. The molecule has 37 heavy (non-hydrogen) atoms. The average Bonchev–Trinajstić information content (AvgIpc) is 2.80. The lowest BCUT2D eigenvalue weighted by Crippen LogP contribution is -2.41. The van der Waals surface area contributed by atoms with Crippen molar-refractivity contribution in [2.45, 2.75) is 31.9 Å². The number of Topliss-reactive ketones (excluding diaryl/α,β-unsaturated/α-hetero) is 1. The van der Waals surface area contributed by atoms with Crippen molar-refractivity contribution in [3.05, 3.63) is 82.9 Å². The van der Waals surface area contributed by atoms with Crippen LogP contribution in [0.4, 0.5) is 29.3 Å². The zero-order valence-corrected chi connectivity index (χ0v) is 20.1. The molecule has 0 fully saturated rings. The monoisotopic (exact) mass is 530 g/mol. The van der Waals surface area contributed by atoms with Gasteiger partial charge in [0.15, 0.2) is 5.78 Å². The number of ketones is 1. The van der Waals surface area contributed by atoms with Crippen LogP contribution in [-0.4, -0.2) is 29.1 Å². The molecule has 3 N–H and O–H groups in total. The van der Waals surface area contributed by atoms with Crippen LogP contribution >= 0.6 is 11.6 Å². The van der Waals surface area contributed by atoms with Gasteiger partial charge in [-0.05, 0) is 59.9 Å². The lowest BCUT2D eigenvalue weighted by molar-refractivity contribution is -0.160.